The zero-order valence-corrected chi connectivity index (χ0v) is 17.6. The van der Waals surface area contributed by atoms with Gasteiger partial charge in [-0.2, -0.15) is 0 Å². The SMILES string of the molecule is C1CCC2C3CCC(CC3)OCC3N(CCCOC2C1)CCC31COCCN1. The Morgan fingerprint density at radius 2 is 1.75 bits per heavy atom. The Morgan fingerprint density at radius 1 is 0.857 bits per heavy atom. The van der Waals surface area contributed by atoms with Gasteiger partial charge >= 0.3 is 0 Å². The van der Waals surface area contributed by atoms with E-state index in [9.17, 15) is 0 Å². The molecule has 6 aliphatic rings. The smallest absolute Gasteiger partial charge is 0.0665 e. The first-order chi connectivity index (χ1) is 13.8. The third-order valence-electron chi connectivity index (χ3n) is 8.50. The summed E-state index contributed by atoms with van der Waals surface area (Å²) in [6.45, 7) is 6.73. The molecule has 0 aromatic carbocycles. The maximum atomic E-state index is 6.58. The minimum absolute atomic E-state index is 0.0991. The summed E-state index contributed by atoms with van der Waals surface area (Å²) in [4.78, 5) is 2.67. The standard InChI is InChI=1S/C23H40N2O3/c1-2-5-21-20(4-1)18-6-8-19(9-7-18)28-16-22-23(17-26-15-11-24-23)10-13-25(22)12-3-14-27-21/h18-22,24H,1-17H2. The Balaban J connectivity index is 1.29. The average Bonchev–Trinajstić information content (AvgIpc) is 3.07. The van der Waals surface area contributed by atoms with Gasteiger partial charge in [-0.05, 0) is 63.2 Å². The lowest BCUT2D eigenvalue weighted by molar-refractivity contribution is -0.0747. The number of rotatable bonds is 0. The molecule has 0 radical (unpaired) electrons. The summed E-state index contributed by atoms with van der Waals surface area (Å²) in [5, 5.41) is 3.83. The van der Waals surface area contributed by atoms with Crippen molar-refractivity contribution in [1.82, 2.24) is 10.2 Å². The van der Waals surface area contributed by atoms with E-state index in [1.165, 1.54) is 57.8 Å². The van der Waals surface area contributed by atoms with Crippen LogP contribution >= 0.6 is 0 Å². The van der Waals surface area contributed by atoms with Crippen LogP contribution in [0.4, 0.5) is 0 Å². The molecule has 0 amide bonds. The summed E-state index contributed by atoms with van der Waals surface area (Å²) in [5.41, 5.74) is 0.0991. The molecule has 5 heteroatoms. The van der Waals surface area contributed by atoms with E-state index in [0.29, 0.717) is 18.2 Å². The van der Waals surface area contributed by atoms with Crippen LogP contribution in [-0.2, 0) is 14.2 Å². The lowest BCUT2D eigenvalue weighted by Gasteiger charge is -2.43. The number of hydrogen-bond donors (Lipinski definition) is 1. The van der Waals surface area contributed by atoms with Crippen LogP contribution in [0.2, 0.25) is 0 Å². The normalized spacial score (nSPS) is 46.1. The predicted octanol–water partition coefficient (Wildman–Crippen LogP) is 2.97. The van der Waals surface area contributed by atoms with E-state index >= 15 is 0 Å². The van der Waals surface area contributed by atoms with Gasteiger partial charge in [0.1, 0.15) is 0 Å². The van der Waals surface area contributed by atoms with Crippen molar-refractivity contribution in [3.63, 3.8) is 0 Å². The second kappa shape index (κ2) is 8.89. The molecule has 4 heterocycles. The van der Waals surface area contributed by atoms with E-state index < -0.39 is 0 Å². The molecular weight excluding hydrogens is 352 g/mol. The molecule has 0 aromatic heterocycles. The molecule has 5 nitrogen and oxygen atoms in total. The van der Waals surface area contributed by atoms with Crippen molar-refractivity contribution in [2.24, 2.45) is 11.8 Å². The van der Waals surface area contributed by atoms with E-state index in [1.807, 2.05) is 0 Å². The van der Waals surface area contributed by atoms with Crippen LogP contribution < -0.4 is 5.32 Å². The van der Waals surface area contributed by atoms with Crippen molar-refractivity contribution in [2.75, 3.05) is 46.1 Å². The zero-order valence-electron chi connectivity index (χ0n) is 17.6. The zero-order chi connectivity index (χ0) is 18.8. The molecule has 4 atom stereocenters. The number of nitrogens with zero attached hydrogens (tertiary/aromatic N) is 1. The third-order valence-corrected chi connectivity index (χ3v) is 8.50. The summed E-state index contributed by atoms with van der Waals surface area (Å²) >= 11 is 0. The molecule has 1 spiro atoms. The van der Waals surface area contributed by atoms with Gasteiger partial charge in [0.25, 0.3) is 0 Å². The second-order valence-corrected chi connectivity index (χ2v) is 10.0. The van der Waals surface area contributed by atoms with Gasteiger partial charge in [0.15, 0.2) is 0 Å². The molecule has 4 saturated heterocycles. The number of ether oxygens (including phenoxy) is 3. The van der Waals surface area contributed by atoms with Crippen LogP contribution in [0.5, 0.6) is 0 Å². The molecule has 6 rings (SSSR count). The molecule has 160 valence electrons. The highest BCUT2D eigenvalue weighted by Gasteiger charge is 2.48. The van der Waals surface area contributed by atoms with Gasteiger partial charge in [-0.3, -0.25) is 4.90 Å². The second-order valence-electron chi connectivity index (χ2n) is 10.0. The van der Waals surface area contributed by atoms with Crippen LogP contribution in [0.1, 0.15) is 64.2 Å². The Bertz CT molecular complexity index is 502. The first-order valence-electron chi connectivity index (χ1n) is 12.1. The molecule has 4 unspecified atom stereocenters. The number of hydrogen-bond acceptors (Lipinski definition) is 5. The van der Waals surface area contributed by atoms with Crippen molar-refractivity contribution in [3.8, 4) is 0 Å². The fourth-order valence-electron chi connectivity index (χ4n) is 6.88. The molecule has 2 saturated carbocycles. The minimum atomic E-state index is 0.0991. The van der Waals surface area contributed by atoms with Crippen molar-refractivity contribution in [3.05, 3.63) is 0 Å². The molecule has 2 aliphatic carbocycles. The number of morpholine rings is 1. The Morgan fingerprint density at radius 3 is 2.61 bits per heavy atom. The molecule has 6 fully saturated rings. The molecule has 28 heavy (non-hydrogen) atoms. The lowest BCUT2D eigenvalue weighted by atomic mass is 9.71. The van der Waals surface area contributed by atoms with E-state index in [0.717, 1.165) is 64.3 Å². The number of nitrogens with one attached hydrogen (secondary N) is 1. The summed E-state index contributed by atoms with van der Waals surface area (Å²) in [6, 6.07) is 0.441. The predicted molar refractivity (Wildman–Crippen MR) is 110 cm³/mol. The first-order valence-corrected chi connectivity index (χ1v) is 12.1. The highest BCUT2D eigenvalue weighted by atomic mass is 16.5. The van der Waals surface area contributed by atoms with Gasteiger partial charge in [-0.25, -0.2) is 0 Å². The summed E-state index contributed by atoms with van der Waals surface area (Å²) in [7, 11) is 0. The topological polar surface area (TPSA) is 43.0 Å². The lowest BCUT2D eigenvalue weighted by Crippen LogP contribution is -2.62. The van der Waals surface area contributed by atoms with Crippen LogP contribution in [0.25, 0.3) is 0 Å². The van der Waals surface area contributed by atoms with Gasteiger partial charge in [-0.15, -0.1) is 0 Å². The fourth-order valence-corrected chi connectivity index (χ4v) is 6.88. The third kappa shape index (κ3) is 4.02. The van der Waals surface area contributed by atoms with Gasteiger partial charge < -0.3 is 19.5 Å². The molecule has 4 aliphatic heterocycles. The highest BCUT2D eigenvalue weighted by Crippen LogP contribution is 2.41. The maximum absolute atomic E-state index is 6.58. The van der Waals surface area contributed by atoms with Crippen LogP contribution in [0, 0.1) is 11.8 Å². The minimum Gasteiger partial charge on any atom is -0.378 e. The molecule has 0 aromatic rings. The van der Waals surface area contributed by atoms with Crippen LogP contribution in [0.15, 0.2) is 0 Å². The number of fused-ring (bicyclic) bond motifs is 6. The van der Waals surface area contributed by atoms with Crippen molar-refractivity contribution in [1.29, 1.82) is 0 Å². The van der Waals surface area contributed by atoms with E-state index in [4.69, 9.17) is 14.2 Å². The van der Waals surface area contributed by atoms with Gasteiger partial charge in [0.2, 0.25) is 0 Å². The Labute approximate surface area is 170 Å². The van der Waals surface area contributed by atoms with Crippen molar-refractivity contribution >= 4 is 0 Å². The summed E-state index contributed by atoms with van der Waals surface area (Å²) < 4.78 is 19.0. The van der Waals surface area contributed by atoms with E-state index in [2.05, 4.69) is 10.2 Å². The molecular formula is C23H40N2O3. The first kappa shape index (κ1) is 19.7. The van der Waals surface area contributed by atoms with Gasteiger partial charge in [-0.1, -0.05) is 12.8 Å². The quantitative estimate of drug-likeness (QED) is 0.687. The van der Waals surface area contributed by atoms with Crippen LogP contribution in [-0.4, -0.2) is 74.8 Å². The molecule has 1 N–H and O–H groups in total. The van der Waals surface area contributed by atoms with E-state index in [-0.39, 0.29) is 5.54 Å². The van der Waals surface area contributed by atoms with E-state index in [1.54, 1.807) is 0 Å². The maximum Gasteiger partial charge on any atom is 0.0665 e. The largest absolute Gasteiger partial charge is 0.378 e. The summed E-state index contributed by atoms with van der Waals surface area (Å²) in [6.07, 6.45) is 13.9. The Kier molecular flexibility index (Phi) is 6.27. The monoisotopic (exact) mass is 392 g/mol. The highest BCUT2D eigenvalue weighted by molar-refractivity contribution is 5.07. The van der Waals surface area contributed by atoms with Crippen molar-refractivity contribution < 1.29 is 14.2 Å². The van der Waals surface area contributed by atoms with Gasteiger partial charge in [0, 0.05) is 26.2 Å². The Hall–Kier alpha value is -0.200. The molecule has 2 bridgehead atoms. The summed E-state index contributed by atoms with van der Waals surface area (Å²) in [5.74, 6) is 1.68. The van der Waals surface area contributed by atoms with Crippen LogP contribution in [0.3, 0.4) is 0 Å². The average molecular weight is 393 g/mol. The van der Waals surface area contributed by atoms with Crippen molar-refractivity contribution in [2.45, 2.75) is 88.0 Å². The fraction of sp³-hybridized carbons (Fsp3) is 1.00. The van der Waals surface area contributed by atoms with Gasteiger partial charge in [0.05, 0.1) is 43.6 Å².